The van der Waals surface area contributed by atoms with Crippen LogP contribution >= 0.6 is 11.3 Å². The van der Waals surface area contributed by atoms with E-state index in [2.05, 4.69) is 4.98 Å². The molecule has 1 heterocycles. The van der Waals surface area contributed by atoms with E-state index >= 15 is 0 Å². The topological polar surface area (TPSA) is 51.7 Å². The molecule has 0 saturated carbocycles. The quantitative estimate of drug-likeness (QED) is 0.586. The lowest BCUT2D eigenvalue weighted by Gasteiger charge is -2.25. The summed E-state index contributed by atoms with van der Waals surface area (Å²) in [5.41, 5.74) is 2.82. The van der Waals surface area contributed by atoms with Crippen LogP contribution in [0.2, 0.25) is 0 Å². The van der Waals surface area contributed by atoms with Gasteiger partial charge in [-0.2, -0.15) is 0 Å². The van der Waals surface area contributed by atoms with E-state index in [0.717, 1.165) is 21.8 Å². The summed E-state index contributed by atoms with van der Waals surface area (Å²) in [5, 5.41) is 2.79. The van der Waals surface area contributed by atoms with Crippen molar-refractivity contribution in [3.8, 4) is 22.1 Å². The Kier molecular flexibility index (Phi) is 6.31. The molecule has 0 saturated heterocycles. The summed E-state index contributed by atoms with van der Waals surface area (Å²) >= 11 is 1.52. The van der Waals surface area contributed by atoms with Gasteiger partial charge in [-0.25, -0.2) is 4.98 Å². The summed E-state index contributed by atoms with van der Waals surface area (Å²) in [6, 6.07) is 15.7. The molecule has 0 N–H and O–H groups in total. The maximum Gasteiger partial charge on any atom is 0.228 e. The van der Waals surface area contributed by atoms with Crippen molar-refractivity contribution >= 4 is 17.2 Å². The van der Waals surface area contributed by atoms with Crippen molar-refractivity contribution in [1.29, 1.82) is 0 Å². The van der Waals surface area contributed by atoms with Crippen molar-refractivity contribution in [3.63, 3.8) is 0 Å². The smallest absolute Gasteiger partial charge is 0.228 e. The van der Waals surface area contributed by atoms with E-state index in [1.54, 1.807) is 19.1 Å². The second kappa shape index (κ2) is 8.89. The molecule has 0 fully saturated rings. The lowest BCUT2D eigenvalue weighted by Crippen LogP contribution is -2.31. The van der Waals surface area contributed by atoms with Crippen LogP contribution in [-0.2, 0) is 11.2 Å². The average Bonchev–Trinajstić information content (AvgIpc) is 3.21. The van der Waals surface area contributed by atoms with Crippen molar-refractivity contribution < 1.29 is 14.3 Å². The summed E-state index contributed by atoms with van der Waals surface area (Å²) in [5.74, 6) is 1.37. The van der Waals surface area contributed by atoms with E-state index < -0.39 is 0 Å². The summed E-state index contributed by atoms with van der Waals surface area (Å²) in [6.45, 7) is 2.03. The number of hydrogen-bond acceptors (Lipinski definition) is 5. The molecule has 3 aromatic rings. The molecule has 2 aromatic carbocycles. The van der Waals surface area contributed by atoms with Crippen molar-refractivity contribution in [2.75, 3.05) is 21.3 Å². The van der Waals surface area contributed by atoms with E-state index in [4.69, 9.17) is 9.47 Å². The zero-order valence-corrected chi connectivity index (χ0v) is 17.3. The molecule has 1 atom stereocenters. The first kappa shape index (κ1) is 19.9. The lowest BCUT2D eigenvalue weighted by molar-refractivity contribution is -0.131. The molecule has 6 heteroatoms. The summed E-state index contributed by atoms with van der Waals surface area (Å²) < 4.78 is 10.6. The number of amides is 1. The number of likely N-dealkylation sites (N-methyl/N-ethyl adjacent to an activating group) is 1. The first-order valence-electron chi connectivity index (χ1n) is 9.01. The zero-order chi connectivity index (χ0) is 20.1. The van der Waals surface area contributed by atoms with Gasteiger partial charge in [0.05, 0.1) is 32.4 Å². The molecule has 0 bridgehead atoms. The number of carbonyl (C=O) groups is 1. The van der Waals surface area contributed by atoms with E-state index in [1.165, 1.54) is 11.3 Å². The molecule has 0 aliphatic carbocycles. The van der Waals surface area contributed by atoms with Gasteiger partial charge in [0.2, 0.25) is 5.91 Å². The first-order chi connectivity index (χ1) is 13.5. The molecule has 0 radical (unpaired) electrons. The molecule has 0 spiro atoms. The monoisotopic (exact) mass is 396 g/mol. The maximum atomic E-state index is 12.7. The fraction of sp³-hybridized carbons (Fsp3) is 0.273. The van der Waals surface area contributed by atoms with Gasteiger partial charge in [-0.15, -0.1) is 11.3 Å². The second-order valence-electron chi connectivity index (χ2n) is 6.48. The number of carbonyl (C=O) groups excluding carboxylic acids is 1. The number of hydrogen-bond donors (Lipinski definition) is 0. The summed E-state index contributed by atoms with van der Waals surface area (Å²) in [6.07, 6.45) is 0.275. The third-order valence-corrected chi connectivity index (χ3v) is 5.71. The molecular formula is C22H24N2O3S. The highest BCUT2D eigenvalue weighted by atomic mass is 32.1. The van der Waals surface area contributed by atoms with Crippen LogP contribution in [0.3, 0.4) is 0 Å². The highest BCUT2D eigenvalue weighted by molar-refractivity contribution is 7.13. The Morgan fingerprint density at radius 2 is 1.82 bits per heavy atom. The first-order valence-corrected chi connectivity index (χ1v) is 9.89. The fourth-order valence-electron chi connectivity index (χ4n) is 2.94. The molecule has 146 valence electrons. The molecule has 1 aromatic heterocycles. The largest absolute Gasteiger partial charge is 0.493 e. The minimum atomic E-state index is 0.0117. The predicted molar refractivity (Wildman–Crippen MR) is 112 cm³/mol. The van der Waals surface area contributed by atoms with Crippen molar-refractivity contribution in [2.24, 2.45) is 0 Å². The molecule has 1 amide bonds. The number of benzene rings is 2. The number of thiazole rings is 1. The molecule has 0 aliphatic heterocycles. The van der Waals surface area contributed by atoms with E-state index in [0.29, 0.717) is 11.5 Å². The van der Waals surface area contributed by atoms with E-state index in [9.17, 15) is 4.79 Å². The molecule has 3 rings (SSSR count). The fourth-order valence-corrected chi connectivity index (χ4v) is 3.76. The van der Waals surface area contributed by atoms with Crippen LogP contribution in [0.4, 0.5) is 0 Å². The van der Waals surface area contributed by atoms with Gasteiger partial charge >= 0.3 is 0 Å². The van der Waals surface area contributed by atoms with Crippen molar-refractivity contribution in [3.05, 3.63) is 65.2 Å². The number of nitrogens with zero attached hydrogens (tertiary/aromatic N) is 2. The molecule has 0 aliphatic rings. The number of ether oxygens (including phenoxy) is 2. The van der Waals surface area contributed by atoms with E-state index in [1.807, 2.05) is 67.9 Å². The molecular weight excluding hydrogens is 372 g/mol. The van der Waals surface area contributed by atoms with Gasteiger partial charge in [0, 0.05) is 18.0 Å². The van der Waals surface area contributed by atoms with E-state index in [-0.39, 0.29) is 18.4 Å². The summed E-state index contributed by atoms with van der Waals surface area (Å²) in [7, 11) is 5.05. The van der Waals surface area contributed by atoms with Gasteiger partial charge in [0.1, 0.15) is 5.01 Å². The Morgan fingerprint density at radius 3 is 2.50 bits per heavy atom. The predicted octanol–water partition coefficient (Wildman–Crippen LogP) is 4.59. The van der Waals surface area contributed by atoms with Gasteiger partial charge in [-0.1, -0.05) is 30.3 Å². The summed E-state index contributed by atoms with van der Waals surface area (Å²) in [4.78, 5) is 19.1. The lowest BCUT2D eigenvalue weighted by atomic mass is 10.1. The standard InChI is InChI=1S/C22H24N2O3S/c1-15(16-8-6-5-7-9-16)24(2)21(25)13-18-14-28-22(23-18)17-10-11-19(26-3)20(12-17)27-4/h5-12,14-15H,13H2,1-4H3. The molecule has 28 heavy (non-hydrogen) atoms. The number of aromatic nitrogens is 1. The highest BCUT2D eigenvalue weighted by Gasteiger charge is 2.19. The maximum absolute atomic E-state index is 12.7. The van der Waals surface area contributed by atoms with Crippen molar-refractivity contribution in [2.45, 2.75) is 19.4 Å². The zero-order valence-electron chi connectivity index (χ0n) is 16.5. The van der Waals surface area contributed by atoms with Crippen LogP contribution in [0.25, 0.3) is 10.6 Å². The van der Waals surface area contributed by atoms with Gasteiger partial charge in [0.15, 0.2) is 11.5 Å². The van der Waals surface area contributed by atoms with Gasteiger partial charge in [0.25, 0.3) is 0 Å². The SMILES string of the molecule is COc1ccc(-c2nc(CC(=O)N(C)C(C)c3ccccc3)cs2)cc1OC. The Balaban J connectivity index is 1.71. The molecule has 5 nitrogen and oxygen atoms in total. The Morgan fingerprint density at radius 1 is 1.11 bits per heavy atom. The van der Waals surface area contributed by atoms with Crippen LogP contribution in [-0.4, -0.2) is 37.1 Å². The third kappa shape index (κ3) is 4.34. The Hall–Kier alpha value is -2.86. The van der Waals surface area contributed by atoms with Crippen LogP contribution < -0.4 is 9.47 Å². The van der Waals surface area contributed by atoms with Crippen molar-refractivity contribution in [1.82, 2.24) is 9.88 Å². The Bertz CT molecular complexity index is 940. The third-order valence-electron chi connectivity index (χ3n) is 4.77. The number of rotatable bonds is 7. The highest BCUT2D eigenvalue weighted by Crippen LogP contribution is 2.33. The second-order valence-corrected chi connectivity index (χ2v) is 7.34. The normalized spacial score (nSPS) is 11.7. The van der Waals surface area contributed by atoms with Crippen LogP contribution in [0.5, 0.6) is 11.5 Å². The molecule has 1 unspecified atom stereocenters. The minimum Gasteiger partial charge on any atom is -0.493 e. The van der Waals surface area contributed by atoms with Crippen LogP contribution in [0, 0.1) is 0 Å². The van der Waals surface area contributed by atoms with Crippen LogP contribution in [0.15, 0.2) is 53.9 Å². The van der Waals surface area contributed by atoms with Gasteiger partial charge < -0.3 is 14.4 Å². The van der Waals surface area contributed by atoms with Gasteiger partial charge in [-0.3, -0.25) is 4.79 Å². The average molecular weight is 397 g/mol. The van der Waals surface area contributed by atoms with Gasteiger partial charge in [-0.05, 0) is 30.7 Å². The number of methoxy groups -OCH3 is 2. The van der Waals surface area contributed by atoms with Crippen LogP contribution in [0.1, 0.15) is 24.2 Å². The minimum absolute atomic E-state index is 0.0117. The Labute approximate surface area is 169 Å².